The number of benzene rings is 1. The minimum atomic E-state index is -0.476. The highest BCUT2D eigenvalue weighted by Gasteiger charge is 2.29. The fraction of sp³-hybridized carbons (Fsp3) is 0.381. The lowest BCUT2D eigenvalue weighted by atomic mass is 9.95. The second-order valence-corrected chi connectivity index (χ2v) is 7.37. The van der Waals surface area contributed by atoms with Crippen molar-refractivity contribution >= 4 is 23.1 Å². The fourth-order valence-electron chi connectivity index (χ4n) is 2.86. The molecular formula is C21H24O5. The summed E-state index contributed by atoms with van der Waals surface area (Å²) in [5, 5.41) is 0.729. The molecule has 0 atom stereocenters. The van der Waals surface area contributed by atoms with Gasteiger partial charge in [-0.15, -0.1) is 0 Å². The van der Waals surface area contributed by atoms with Gasteiger partial charge in [0.15, 0.2) is 5.58 Å². The largest absolute Gasteiger partial charge is 0.495 e. The van der Waals surface area contributed by atoms with E-state index in [1.807, 2.05) is 52.0 Å². The van der Waals surface area contributed by atoms with Crippen molar-refractivity contribution in [3.05, 3.63) is 45.8 Å². The molecule has 0 saturated heterocycles. The van der Waals surface area contributed by atoms with E-state index in [0.29, 0.717) is 22.6 Å². The van der Waals surface area contributed by atoms with Crippen LogP contribution in [0.4, 0.5) is 0 Å². The highest BCUT2D eigenvalue weighted by molar-refractivity contribution is 5.98. The van der Waals surface area contributed by atoms with Crippen LogP contribution in [0.25, 0.3) is 23.1 Å². The van der Waals surface area contributed by atoms with Gasteiger partial charge in [-0.3, -0.25) is 0 Å². The number of rotatable bonds is 4. The summed E-state index contributed by atoms with van der Waals surface area (Å²) in [5.74, 6) is 1.24. The topological polar surface area (TPSA) is 57.9 Å². The van der Waals surface area contributed by atoms with Gasteiger partial charge in [0.2, 0.25) is 0 Å². The summed E-state index contributed by atoms with van der Waals surface area (Å²) in [7, 11) is 3.24. The molecule has 26 heavy (non-hydrogen) atoms. The average Bonchev–Trinajstić information content (AvgIpc) is 2.58. The molecule has 0 spiro atoms. The van der Waals surface area contributed by atoms with Gasteiger partial charge in [-0.2, -0.15) is 0 Å². The van der Waals surface area contributed by atoms with Gasteiger partial charge in [-0.05, 0) is 52.0 Å². The Kier molecular flexibility index (Phi) is 4.44. The van der Waals surface area contributed by atoms with Crippen molar-refractivity contribution in [3.8, 4) is 11.5 Å². The summed E-state index contributed by atoms with van der Waals surface area (Å²) >= 11 is 0. The van der Waals surface area contributed by atoms with E-state index < -0.39 is 16.8 Å². The summed E-state index contributed by atoms with van der Waals surface area (Å²) in [6.07, 6.45) is 7.74. The summed E-state index contributed by atoms with van der Waals surface area (Å²) < 4.78 is 22.8. The van der Waals surface area contributed by atoms with Gasteiger partial charge in [0.25, 0.3) is 0 Å². The summed E-state index contributed by atoms with van der Waals surface area (Å²) in [6, 6.07) is 3.13. The lowest BCUT2D eigenvalue weighted by Gasteiger charge is -2.30. The van der Waals surface area contributed by atoms with E-state index in [0.717, 1.165) is 10.9 Å². The molecule has 5 heteroatoms. The molecule has 0 saturated carbocycles. The lowest BCUT2D eigenvalue weighted by Crippen LogP contribution is -2.28. The molecule has 0 N–H and O–H groups in total. The van der Waals surface area contributed by atoms with Crippen LogP contribution in [0.3, 0.4) is 0 Å². The third kappa shape index (κ3) is 3.27. The first kappa shape index (κ1) is 18.3. The van der Waals surface area contributed by atoms with Crippen molar-refractivity contribution in [2.75, 3.05) is 14.2 Å². The monoisotopic (exact) mass is 356 g/mol. The Morgan fingerprint density at radius 2 is 1.92 bits per heavy atom. The van der Waals surface area contributed by atoms with Crippen LogP contribution >= 0.6 is 0 Å². The van der Waals surface area contributed by atoms with E-state index in [4.69, 9.17) is 18.6 Å². The smallest absolute Gasteiger partial charge is 0.336 e. The maximum Gasteiger partial charge on any atom is 0.336 e. The SMILES string of the molecule is COc1c2c(c3ccc(=O)oc3c1C=CC(C)(C)OC)OC(C)(C)C=C2. The molecule has 0 fully saturated rings. The van der Waals surface area contributed by atoms with Crippen LogP contribution in [0, 0.1) is 0 Å². The first-order valence-electron chi connectivity index (χ1n) is 8.48. The van der Waals surface area contributed by atoms with Gasteiger partial charge in [-0.1, -0.05) is 6.08 Å². The van der Waals surface area contributed by atoms with Gasteiger partial charge >= 0.3 is 5.63 Å². The highest BCUT2D eigenvalue weighted by atomic mass is 16.5. The Morgan fingerprint density at radius 3 is 2.58 bits per heavy atom. The van der Waals surface area contributed by atoms with Crippen LogP contribution in [-0.2, 0) is 4.74 Å². The van der Waals surface area contributed by atoms with Gasteiger partial charge in [-0.25, -0.2) is 4.79 Å². The zero-order valence-electron chi connectivity index (χ0n) is 16.0. The molecule has 1 aliphatic rings. The molecular weight excluding hydrogens is 332 g/mol. The summed E-state index contributed by atoms with van der Waals surface area (Å²) in [5.41, 5.74) is 0.570. The average molecular weight is 356 g/mol. The van der Waals surface area contributed by atoms with Crippen LogP contribution < -0.4 is 15.1 Å². The van der Waals surface area contributed by atoms with Crippen molar-refractivity contribution in [1.82, 2.24) is 0 Å². The zero-order valence-corrected chi connectivity index (χ0v) is 16.0. The Bertz CT molecular complexity index is 961. The van der Waals surface area contributed by atoms with Crippen molar-refractivity contribution in [1.29, 1.82) is 0 Å². The molecule has 0 unspecified atom stereocenters. The molecule has 5 nitrogen and oxygen atoms in total. The lowest BCUT2D eigenvalue weighted by molar-refractivity contribution is 0.0663. The molecule has 0 amide bonds. The second-order valence-electron chi connectivity index (χ2n) is 7.37. The van der Waals surface area contributed by atoms with Gasteiger partial charge in [0, 0.05) is 13.2 Å². The predicted molar refractivity (Wildman–Crippen MR) is 103 cm³/mol. The Balaban J connectivity index is 2.37. The molecule has 0 radical (unpaired) electrons. The van der Waals surface area contributed by atoms with Crippen molar-refractivity contribution in [2.24, 2.45) is 0 Å². The van der Waals surface area contributed by atoms with E-state index in [-0.39, 0.29) is 0 Å². The van der Waals surface area contributed by atoms with Gasteiger partial charge in [0.1, 0.15) is 17.1 Å². The van der Waals surface area contributed by atoms with Gasteiger partial charge < -0.3 is 18.6 Å². The Hall–Kier alpha value is -2.53. The third-order valence-corrected chi connectivity index (χ3v) is 4.45. The molecule has 2 aromatic rings. The van der Waals surface area contributed by atoms with Crippen LogP contribution in [0.2, 0.25) is 0 Å². The third-order valence-electron chi connectivity index (χ3n) is 4.45. The normalized spacial score (nSPS) is 15.9. The van der Waals surface area contributed by atoms with E-state index >= 15 is 0 Å². The van der Waals surface area contributed by atoms with Crippen LogP contribution in [0.15, 0.2) is 33.5 Å². The number of hydrogen-bond donors (Lipinski definition) is 0. The molecule has 0 bridgehead atoms. The maximum absolute atomic E-state index is 11.9. The van der Waals surface area contributed by atoms with Gasteiger partial charge in [0.05, 0.1) is 29.2 Å². The minimum Gasteiger partial charge on any atom is -0.495 e. The van der Waals surface area contributed by atoms with Crippen molar-refractivity contribution < 1.29 is 18.6 Å². The van der Waals surface area contributed by atoms with Crippen molar-refractivity contribution in [2.45, 2.75) is 38.9 Å². The van der Waals surface area contributed by atoms with E-state index in [9.17, 15) is 4.79 Å². The Labute approximate surface area is 152 Å². The number of fused-ring (bicyclic) bond motifs is 3. The van der Waals surface area contributed by atoms with Crippen LogP contribution in [0.5, 0.6) is 11.5 Å². The number of hydrogen-bond acceptors (Lipinski definition) is 5. The molecule has 1 aromatic carbocycles. The summed E-state index contributed by atoms with van der Waals surface area (Å²) in [4.78, 5) is 11.9. The van der Waals surface area contributed by atoms with E-state index in [1.165, 1.54) is 6.07 Å². The molecule has 0 aliphatic carbocycles. The molecule has 3 rings (SSSR count). The molecule has 1 aromatic heterocycles. The maximum atomic E-state index is 11.9. The second kappa shape index (κ2) is 6.32. The van der Waals surface area contributed by atoms with Crippen LogP contribution in [0.1, 0.15) is 38.8 Å². The number of methoxy groups -OCH3 is 2. The minimum absolute atomic E-state index is 0.425. The van der Waals surface area contributed by atoms with Crippen LogP contribution in [-0.4, -0.2) is 25.4 Å². The first-order valence-corrected chi connectivity index (χ1v) is 8.48. The predicted octanol–water partition coefficient (Wildman–Crippen LogP) is 4.42. The number of ether oxygens (including phenoxy) is 3. The quantitative estimate of drug-likeness (QED) is 0.759. The molecule has 2 heterocycles. The molecule has 138 valence electrons. The molecule has 1 aliphatic heterocycles. The fourth-order valence-corrected chi connectivity index (χ4v) is 2.86. The van der Waals surface area contributed by atoms with E-state index in [1.54, 1.807) is 20.3 Å². The first-order chi connectivity index (χ1) is 12.2. The zero-order chi connectivity index (χ0) is 19.1. The highest BCUT2D eigenvalue weighted by Crippen LogP contribution is 2.45. The Morgan fingerprint density at radius 1 is 1.19 bits per heavy atom. The standard InChI is InChI=1S/C21H24O5/c1-20(2,24-6)11-9-14-17(23-5)15-10-12-21(3,4)26-19(15)13-7-8-16(22)25-18(13)14/h7-12H,1-6H3. The van der Waals surface area contributed by atoms with Crippen molar-refractivity contribution in [3.63, 3.8) is 0 Å². The van der Waals surface area contributed by atoms with E-state index in [2.05, 4.69) is 0 Å². The summed E-state index contributed by atoms with van der Waals surface area (Å²) in [6.45, 7) is 7.83.